The molecule has 2 rings (SSSR count). The van der Waals surface area contributed by atoms with Crippen molar-refractivity contribution in [2.45, 2.75) is 31.5 Å². The van der Waals surface area contributed by atoms with Gasteiger partial charge in [0.05, 0.1) is 6.10 Å². The number of aromatic nitrogens is 2. The fourth-order valence-electron chi connectivity index (χ4n) is 1.92. The molecule has 2 heterocycles. The van der Waals surface area contributed by atoms with Gasteiger partial charge in [-0.2, -0.15) is 0 Å². The van der Waals surface area contributed by atoms with E-state index in [4.69, 9.17) is 0 Å². The Bertz CT molecular complexity index is 397. The molecule has 0 amide bonds. The van der Waals surface area contributed by atoms with Crippen molar-refractivity contribution >= 4 is 17.6 Å². The Morgan fingerprint density at radius 3 is 2.69 bits per heavy atom. The Morgan fingerprint density at radius 1 is 1.38 bits per heavy atom. The van der Waals surface area contributed by atoms with E-state index in [9.17, 15) is 5.11 Å². The molecule has 1 N–H and O–H groups in total. The summed E-state index contributed by atoms with van der Waals surface area (Å²) in [4.78, 5) is 11.1. The average molecular weight is 239 g/mol. The van der Waals surface area contributed by atoms with Crippen LogP contribution in [0.25, 0.3) is 0 Å². The summed E-state index contributed by atoms with van der Waals surface area (Å²) in [5.74, 6) is 0.980. The zero-order valence-electron chi connectivity index (χ0n) is 9.90. The van der Waals surface area contributed by atoms with Gasteiger partial charge in [-0.15, -0.1) is 0 Å². The van der Waals surface area contributed by atoms with Gasteiger partial charge in [-0.1, -0.05) is 11.8 Å². The maximum atomic E-state index is 9.56. The number of thioether (sulfide) groups is 1. The van der Waals surface area contributed by atoms with Crippen molar-refractivity contribution in [2.24, 2.45) is 0 Å². The Hall–Kier alpha value is -0.810. The van der Waals surface area contributed by atoms with Gasteiger partial charge in [0.2, 0.25) is 0 Å². The van der Waals surface area contributed by atoms with Crippen LogP contribution in [0.15, 0.2) is 5.16 Å². The molecule has 0 saturated carbocycles. The molecular formula is C11H17N3OS. The van der Waals surface area contributed by atoms with E-state index < -0.39 is 0 Å². The highest BCUT2D eigenvalue weighted by atomic mass is 32.2. The molecule has 0 aliphatic carbocycles. The zero-order chi connectivity index (χ0) is 11.7. The smallest absolute Gasteiger partial charge is 0.189 e. The quantitative estimate of drug-likeness (QED) is 0.624. The molecule has 0 radical (unpaired) electrons. The lowest BCUT2D eigenvalue weighted by molar-refractivity contribution is 0.198. The zero-order valence-corrected chi connectivity index (χ0v) is 10.7. The fourth-order valence-corrected chi connectivity index (χ4v) is 2.33. The van der Waals surface area contributed by atoms with E-state index in [-0.39, 0.29) is 6.10 Å². The minimum Gasteiger partial charge on any atom is -0.391 e. The van der Waals surface area contributed by atoms with E-state index in [2.05, 4.69) is 14.9 Å². The van der Waals surface area contributed by atoms with Crippen LogP contribution in [0.3, 0.4) is 0 Å². The van der Waals surface area contributed by atoms with Crippen LogP contribution >= 0.6 is 11.8 Å². The Kier molecular flexibility index (Phi) is 3.35. The highest BCUT2D eigenvalue weighted by Crippen LogP contribution is 2.25. The molecule has 88 valence electrons. The van der Waals surface area contributed by atoms with Gasteiger partial charge in [0.1, 0.15) is 5.82 Å². The lowest BCUT2D eigenvalue weighted by Crippen LogP contribution is -2.24. The SMILES string of the molecule is CSc1nc(C)c(C)c(N2CC[C@@H](O)C2)n1. The second kappa shape index (κ2) is 4.59. The molecular weight excluding hydrogens is 222 g/mol. The van der Waals surface area contributed by atoms with Crippen LogP contribution in [0, 0.1) is 13.8 Å². The largest absolute Gasteiger partial charge is 0.391 e. The number of hydrogen-bond acceptors (Lipinski definition) is 5. The Morgan fingerprint density at radius 2 is 2.12 bits per heavy atom. The van der Waals surface area contributed by atoms with Gasteiger partial charge in [-0.25, -0.2) is 9.97 Å². The second-order valence-corrected chi connectivity index (χ2v) is 4.91. The average Bonchev–Trinajstić information content (AvgIpc) is 2.68. The summed E-state index contributed by atoms with van der Waals surface area (Å²) in [5.41, 5.74) is 2.14. The maximum absolute atomic E-state index is 9.56. The van der Waals surface area contributed by atoms with Crippen LogP contribution in [-0.2, 0) is 0 Å². The third-order valence-corrected chi connectivity index (χ3v) is 3.54. The predicted octanol–water partition coefficient (Wildman–Crippen LogP) is 1.39. The maximum Gasteiger partial charge on any atom is 0.189 e. The Labute approximate surface area is 100 Å². The molecule has 1 aliphatic rings. The molecule has 1 aromatic rings. The van der Waals surface area contributed by atoms with Gasteiger partial charge in [-0.05, 0) is 26.5 Å². The van der Waals surface area contributed by atoms with Crippen LogP contribution in [0.5, 0.6) is 0 Å². The van der Waals surface area contributed by atoms with Crippen molar-refractivity contribution < 1.29 is 5.11 Å². The van der Waals surface area contributed by atoms with E-state index in [0.717, 1.165) is 35.2 Å². The molecule has 1 fully saturated rings. The number of nitrogens with zero attached hydrogens (tertiary/aromatic N) is 3. The minimum absolute atomic E-state index is 0.215. The molecule has 1 aromatic heterocycles. The highest BCUT2D eigenvalue weighted by molar-refractivity contribution is 7.98. The predicted molar refractivity (Wildman–Crippen MR) is 66.1 cm³/mol. The molecule has 0 bridgehead atoms. The van der Waals surface area contributed by atoms with Crippen molar-refractivity contribution in [1.82, 2.24) is 9.97 Å². The summed E-state index contributed by atoms with van der Waals surface area (Å²) in [6.45, 7) is 5.61. The van der Waals surface area contributed by atoms with E-state index in [1.165, 1.54) is 0 Å². The van der Waals surface area contributed by atoms with Crippen LogP contribution in [-0.4, -0.2) is 40.5 Å². The van der Waals surface area contributed by atoms with Crippen molar-refractivity contribution in [1.29, 1.82) is 0 Å². The van der Waals surface area contributed by atoms with E-state index in [0.29, 0.717) is 6.54 Å². The molecule has 0 spiro atoms. The Balaban J connectivity index is 2.35. The van der Waals surface area contributed by atoms with Gasteiger partial charge in [0.25, 0.3) is 0 Å². The standard InChI is InChI=1S/C11H17N3OS/c1-7-8(2)12-11(16-3)13-10(7)14-5-4-9(15)6-14/h9,15H,4-6H2,1-3H3/t9-/m1/s1. The first-order chi connectivity index (χ1) is 7.61. The molecule has 16 heavy (non-hydrogen) atoms. The first-order valence-electron chi connectivity index (χ1n) is 5.44. The summed E-state index contributed by atoms with van der Waals surface area (Å²) in [6.07, 6.45) is 2.59. The topological polar surface area (TPSA) is 49.2 Å². The van der Waals surface area contributed by atoms with E-state index in [1.807, 2.05) is 20.1 Å². The number of rotatable bonds is 2. The summed E-state index contributed by atoms with van der Waals surface area (Å²) in [6, 6.07) is 0. The number of aliphatic hydroxyl groups excluding tert-OH is 1. The molecule has 1 atom stereocenters. The summed E-state index contributed by atoms with van der Waals surface area (Å²) in [7, 11) is 0. The van der Waals surface area contributed by atoms with Gasteiger partial charge in [0.15, 0.2) is 5.16 Å². The molecule has 4 nitrogen and oxygen atoms in total. The van der Waals surface area contributed by atoms with Crippen molar-refractivity contribution in [2.75, 3.05) is 24.2 Å². The number of anilines is 1. The van der Waals surface area contributed by atoms with Crippen LogP contribution in [0.2, 0.25) is 0 Å². The lowest BCUT2D eigenvalue weighted by atomic mass is 10.2. The van der Waals surface area contributed by atoms with Gasteiger partial charge in [0, 0.05) is 24.3 Å². The fraction of sp³-hybridized carbons (Fsp3) is 0.636. The van der Waals surface area contributed by atoms with Gasteiger partial charge in [-0.3, -0.25) is 0 Å². The lowest BCUT2D eigenvalue weighted by Gasteiger charge is -2.20. The van der Waals surface area contributed by atoms with Crippen LogP contribution < -0.4 is 4.90 Å². The minimum atomic E-state index is -0.215. The molecule has 5 heteroatoms. The summed E-state index contributed by atoms with van der Waals surface area (Å²) >= 11 is 1.55. The number of hydrogen-bond donors (Lipinski definition) is 1. The molecule has 0 aromatic carbocycles. The third-order valence-electron chi connectivity index (χ3n) is 2.99. The monoisotopic (exact) mass is 239 g/mol. The van der Waals surface area contributed by atoms with Crippen molar-refractivity contribution in [3.63, 3.8) is 0 Å². The van der Waals surface area contributed by atoms with Crippen molar-refractivity contribution in [3.05, 3.63) is 11.3 Å². The van der Waals surface area contributed by atoms with E-state index in [1.54, 1.807) is 11.8 Å². The van der Waals surface area contributed by atoms with Crippen LogP contribution in [0.4, 0.5) is 5.82 Å². The number of aryl methyl sites for hydroxylation is 1. The van der Waals surface area contributed by atoms with Gasteiger partial charge >= 0.3 is 0 Å². The molecule has 1 saturated heterocycles. The molecule has 1 aliphatic heterocycles. The normalized spacial score (nSPS) is 20.5. The first-order valence-corrected chi connectivity index (χ1v) is 6.66. The number of β-amino-alcohol motifs (C(OH)–C–C–N with tert-alkyl or cyclic N) is 1. The van der Waals surface area contributed by atoms with Crippen molar-refractivity contribution in [3.8, 4) is 0 Å². The second-order valence-electron chi connectivity index (χ2n) is 4.13. The summed E-state index contributed by atoms with van der Waals surface area (Å²) < 4.78 is 0. The summed E-state index contributed by atoms with van der Waals surface area (Å²) in [5, 5.41) is 10.4. The third kappa shape index (κ3) is 2.15. The van der Waals surface area contributed by atoms with Gasteiger partial charge < -0.3 is 10.0 Å². The molecule has 0 unspecified atom stereocenters. The highest BCUT2D eigenvalue weighted by Gasteiger charge is 2.23. The van der Waals surface area contributed by atoms with Crippen LogP contribution in [0.1, 0.15) is 17.7 Å². The van der Waals surface area contributed by atoms with E-state index >= 15 is 0 Å². The first kappa shape index (κ1) is 11.7. The number of aliphatic hydroxyl groups is 1.